The molecule has 5 nitrogen and oxygen atoms in total. The highest BCUT2D eigenvalue weighted by atomic mass is 16.5. The fourth-order valence-corrected chi connectivity index (χ4v) is 8.31. The molecule has 0 aromatic heterocycles. The predicted octanol–water partition coefficient (Wildman–Crippen LogP) is 4.16. The van der Waals surface area contributed by atoms with Gasteiger partial charge in [-0.25, -0.2) is 0 Å². The van der Waals surface area contributed by atoms with Gasteiger partial charge in [0.25, 0.3) is 0 Å². The molecule has 0 amide bonds. The molecular weight excluding hydrogens is 428 g/mol. The van der Waals surface area contributed by atoms with Crippen LogP contribution in [0.5, 0.6) is 5.75 Å². The van der Waals surface area contributed by atoms with E-state index in [1.807, 2.05) is 36.4 Å². The predicted molar refractivity (Wildman–Crippen MR) is 131 cm³/mol. The Morgan fingerprint density at radius 1 is 1.12 bits per heavy atom. The number of fused-ring (bicyclic) bond motifs is 5. The lowest BCUT2D eigenvalue weighted by atomic mass is 9.45. The van der Waals surface area contributed by atoms with Gasteiger partial charge in [-0.15, -0.1) is 0 Å². The largest absolute Gasteiger partial charge is 0.496 e. The maximum Gasteiger partial charge on any atom is 0.159 e. The zero-order chi connectivity index (χ0) is 24.3. The van der Waals surface area contributed by atoms with Gasteiger partial charge in [0.05, 0.1) is 25.4 Å². The highest BCUT2D eigenvalue weighted by molar-refractivity contribution is 5.96. The van der Waals surface area contributed by atoms with Crippen LogP contribution in [0.1, 0.15) is 57.9 Å². The standard InChI is InChI=1S/C29H38O5/c1-28-13-12-19(30)14-18(28)15-23(32)26-21-10-9-20(29(21,2)16-24(33)27(26)28)22(31)11-8-17-6-4-5-7-25(17)34-3/h4-8,11,15,19-21,23-24,26-27,30,32-33H,9-10,12-14,16H2,1-3H3/b11-8+/t19-,20+,21-,23+,24+,26+,27-,28-,29+/m0/s1. The minimum Gasteiger partial charge on any atom is -0.496 e. The molecule has 34 heavy (non-hydrogen) atoms. The number of para-hydroxylation sites is 1. The van der Waals surface area contributed by atoms with E-state index in [1.54, 1.807) is 13.2 Å². The van der Waals surface area contributed by atoms with E-state index in [4.69, 9.17) is 4.74 Å². The fraction of sp³-hybridized carbons (Fsp3) is 0.621. The number of ketones is 1. The third kappa shape index (κ3) is 3.59. The van der Waals surface area contributed by atoms with Crippen LogP contribution in [0.25, 0.3) is 6.08 Å². The van der Waals surface area contributed by atoms with Gasteiger partial charge >= 0.3 is 0 Å². The Balaban J connectivity index is 1.43. The third-order valence-corrected chi connectivity index (χ3v) is 9.95. The maximum absolute atomic E-state index is 13.4. The molecule has 0 heterocycles. The lowest BCUT2D eigenvalue weighted by Gasteiger charge is -2.60. The summed E-state index contributed by atoms with van der Waals surface area (Å²) in [7, 11) is 1.62. The van der Waals surface area contributed by atoms with Crippen LogP contribution in [0, 0.1) is 34.5 Å². The molecule has 3 N–H and O–H groups in total. The van der Waals surface area contributed by atoms with Crippen LogP contribution in [-0.2, 0) is 4.79 Å². The van der Waals surface area contributed by atoms with Crippen molar-refractivity contribution in [2.45, 2.75) is 70.7 Å². The second kappa shape index (κ2) is 8.61. The van der Waals surface area contributed by atoms with Gasteiger partial charge < -0.3 is 20.1 Å². The summed E-state index contributed by atoms with van der Waals surface area (Å²) < 4.78 is 5.41. The number of carbonyl (C=O) groups excluding carboxylic acids is 1. The smallest absolute Gasteiger partial charge is 0.159 e. The van der Waals surface area contributed by atoms with Gasteiger partial charge in [0, 0.05) is 11.5 Å². The molecule has 0 spiro atoms. The quantitative estimate of drug-likeness (QED) is 0.458. The summed E-state index contributed by atoms with van der Waals surface area (Å²) in [5, 5.41) is 33.0. The van der Waals surface area contributed by atoms with E-state index in [0.717, 1.165) is 42.6 Å². The first kappa shape index (κ1) is 23.8. The summed E-state index contributed by atoms with van der Waals surface area (Å²) in [6.45, 7) is 4.37. The van der Waals surface area contributed by atoms with Gasteiger partial charge in [-0.1, -0.05) is 43.7 Å². The van der Waals surface area contributed by atoms with Gasteiger partial charge in [0.15, 0.2) is 5.78 Å². The Bertz CT molecular complexity index is 1010. The van der Waals surface area contributed by atoms with E-state index in [9.17, 15) is 20.1 Å². The zero-order valence-corrected chi connectivity index (χ0v) is 20.5. The van der Waals surface area contributed by atoms with Crippen molar-refractivity contribution in [2.24, 2.45) is 34.5 Å². The highest BCUT2D eigenvalue weighted by Gasteiger charge is 2.64. The second-order valence-corrected chi connectivity index (χ2v) is 11.6. The van der Waals surface area contributed by atoms with Crippen molar-refractivity contribution in [3.8, 4) is 5.75 Å². The van der Waals surface area contributed by atoms with Crippen LogP contribution in [0.15, 0.2) is 42.0 Å². The van der Waals surface area contributed by atoms with Crippen molar-refractivity contribution < 1.29 is 24.9 Å². The van der Waals surface area contributed by atoms with Crippen LogP contribution in [0.2, 0.25) is 0 Å². The van der Waals surface area contributed by atoms with Crippen LogP contribution < -0.4 is 4.74 Å². The Morgan fingerprint density at radius 3 is 2.65 bits per heavy atom. The number of benzene rings is 1. The first-order valence-electron chi connectivity index (χ1n) is 12.8. The molecule has 0 bridgehead atoms. The Labute approximate surface area is 202 Å². The maximum atomic E-state index is 13.4. The molecule has 4 aliphatic carbocycles. The minimum atomic E-state index is -0.643. The van der Waals surface area contributed by atoms with Gasteiger partial charge in [0.2, 0.25) is 0 Å². The molecule has 1 aromatic carbocycles. The molecule has 184 valence electrons. The van der Waals surface area contributed by atoms with Gasteiger partial charge in [0.1, 0.15) is 5.75 Å². The molecule has 0 aliphatic heterocycles. The summed E-state index contributed by atoms with van der Waals surface area (Å²) in [6.07, 6.45) is 8.30. The Hall–Kier alpha value is -1.95. The minimum absolute atomic E-state index is 0.0361. The van der Waals surface area contributed by atoms with Crippen LogP contribution in [-0.4, -0.2) is 46.5 Å². The summed E-state index contributed by atoms with van der Waals surface area (Å²) in [5.41, 5.74) is 1.43. The number of aliphatic hydroxyl groups is 3. The lowest BCUT2D eigenvalue weighted by molar-refractivity contribution is -0.156. The number of aliphatic hydroxyl groups excluding tert-OH is 3. The Kier molecular flexibility index (Phi) is 6.02. The molecule has 3 fully saturated rings. The van der Waals surface area contributed by atoms with Crippen molar-refractivity contribution in [3.05, 3.63) is 47.6 Å². The summed E-state index contributed by atoms with van der Waals surface area (Å²) >= 11 is 0. The monoisotopic (exact) mass is 466 g/mol. The fourth-order valence-electron chi connectivity index (χ4n) is 8.31. The van der Waals surface area contributed by atoms with E-state index >= 15 is 0 Å². The summed E-state index contributed by atoms with van der Waals surface area (Å²) in [4.78, 5) is 13.4. The summed E-state index contributed by atoms with van der Waals surface area (Å²) in [5.74, 6) is 0.746. The van der Waals surface area contributed by atoms with Crippen molar-refractivity contribution in [2.75, 3.05) is 7.11 Å². The number of allylic oxidation sites excluding steroid dienone is 1. The van der Waals surface area contributed by atoms with Crippen molar-refractivity contribution in [3.63, 3.8) is 0 Å². The summed E-state index contributed by atoms with van der Waals surface area (Å²) in [6, 6.07) is 7.64. The molecule has 5 rings (SSSR count). The van der Waals surface area contributed by atoms with E-state index in [-0.39, 0.29) is 46.4 Å². The van der Waals surface area contributed by atoms with Crippen LogP contribution in [0.4, 0.5) is 0 Å². The van der Waals surface area contributed by atoms with Crippen molar-refractivity contribution in [1.29, 1.82) is 0 Å². The number of rotatable bonds is 4. The molecule has 0 radical (unpaired) electrons. The molecule has 3 saturated carbocycles. The van der Waals surface area contributed by atoms with Crippen LogP contribution >= 0.6 is 0 Å². The molecule has 4 aliphatic rings. The van der Waals surface area contributed by atoms with Crippen molar-refractivity contribution in [1.82, 2.24) is 0 Å². The van der Waals surface area contributed by atoms with Crippen LogP contribution in [0.3, 0.4) is 0 Å². The number of hydrogen-bond donors (Lipinski definition) is 3. The number of methoxy groups -OCH3 is 1. The topological polar surface area (TPSA) is 87.0 Å². The average Bonchev–Trinajstić information content (AvgIpc) is 3.15. The first-order valence-corrected chi connectivity index (χ1v) is 12.8. The first-order chi connectivity index (χ1) is 16.2. The van der Waals surface area contributed by atoms with Gasteiger partial charge in [-0.05, 0) is 85.3 Å². The second-order valence-electron chi connectivity index (χ2n) is 11.6. The molecule has 0 unspecified atom stereocenters. The number of carbonyl (C=O) groups is 1. The SMILES string of the molecule is COc1ccccc1/C=C/C(=O)[C@H]1CC[C@H]2[C@H]3[C@H]([C@H](O)C[C@]12C)[C@@]1(C)CC[C@H](O)CC1=C[C@H]3O. The van der Waals surface area contributed by atoms with E-state index in [1.165, 1.54) is 0 Å². The van der Waals surface area contributed by atoms with E-state index < -0.39 is 12.2 Å². The molecule has 9 atom stereocenters. The lowest BCUT2D eigenvalue weighted by Crippen LogP contribution is -2.60. The highest BCUT2D eigenvalue weighted by Crippen LogP contribution is 2.66. The third-order valence-electron chi connectivity index (χ3n) is 9.95. The molecule has 0 saturated heterocycles. The number of hydrogen-bond acceptors (Lipinski definition) is 5. The average molecular weight is 467 g/mol. The van der Waals surface area contributed by atoms with Gasteiger partial charge in [-0.3, -0.25) is 4.79 Å². The van der Waals surface area contributed by atoms with Gasteiger partial charge in [-0.2, -0.15) is 0 Å². The normalized spacial score (nSPS) is 43.6. The van der Waals surface area contributed by atoms with E-state index in [2.05, 4.69) is 13.8 Å². The van der Waals surface area contributed by atoms with Crippen molar-refractivity contribution >= 4 is 11.9 Å². The van der Waals surface area contributed by atoms with E-state index in [0.29, 0.717) is 12.8 Å². The molecule has 1 aromatic rings. The molecular formula is C29H38O5. The zero-order valence-electron chi connectivity index (χ0n) is 20.5. The molecule has 5 heteroatoms. The number of ether oxygens (including phenoxy) is 1. The Morgan fingerprint density at radius 2 is 1.88 bits per heavy atom.